The van der Waals surface area contributed by atoms with Crippen LogP contribution in [0.1, 0.15) is 53.5 Å². The smallest absolute Gasteiger partial charge is 0.282 e. The first-order valence-electron chi connectivity index (χ1n) is 13.8. The Morgan fingerprint density at radius 2 is 1.91 bits per heavy atom. The SMILES string of the molecule is COc1cc(C(=O)NCC(O)(c2cc3c(c(-c4ccc(F)cc4)n2)OC[C@]3(C)C(N)=O)C2CC2)cc2cc(C(F)F)nnc12. The summed E-state index contributed by atoms with van der Waals surface area (Å²) in [6, 6.07) is 11.1. The van der Waals surface area contributed by atoms with Gasteiger partial charge in [-0.25, -0.2) is 18.2 Å². The number of hydrogen-bond donors (Lipinski definition) is 3. The van der Waals surface area contributed by atoms with Crippen LogP contribution in [0.15, 0.2) is 48.5 Å². The molecule has 1 aliphatic carbocycles. The molecular formula is C31H28F3N5O5. The molecule has 228 valence electrons. The highest BCUT2D eigenvalue weighted by Gasteiger charge is 2.50. The molecule has 1 fully saturated rings. The highest BCUT2D eigenvalue weighted by atomic mass is 19.3. The van der Waals surface area contributed by atoms with Gasteiger partial charge in [-0.2, -0.15) is 0 Å². The van der Waals surface area contributed by atoms with Crippen LogP contribution in [0.4, 0.5) is 13.2 Å². The number of carbonyl (C=O) groups excluding carboxylic acids is 2. The van der Waals surface area contributed by atoms with Crippen molar-refractivity contribution < 1.29 is 37.3 Å². The quantitative estimate of drug-likeness (QED) is 0.259. The second-order valence-corrected chi connectivity index (χ2v) is 11.3. The number of nitrogens with zero attached hydrogens (tertiary/aromatic N) is 3. The fourth-order valence-corrected chi connectivity index (χ4v) is 5.47. The minimum absolute atomic E-state index is 0.0446. The Balaban J connectivity index is 1.38. The van der Waals surface area contributed by atoms with E-state index in [-0.39, 0.29) is 47.0 Å². The summed E-state index contributed by atoms with van der Waals surface area (Å²) in [5, 5.41) is 22.4. The molecule has 1 aliphatic heterocycles. The molecule has 10 nitrogen and oxygen atoms in total. The van der Waals surface area contributed by atoms with Crippen molar-refractivity contribution in [3.63, 3.8) is 0 Å². The van der Waals surface area contributed by atoms with E-state index in [0.29, 0.717) is 35.4 Å². The number of carbonyl (C=O) groups is 2. The Morgan fingerprint density at radius 3 is 2.55 bits per heavy atom. The van der Waals surface area contributed by atoms with Crippen molar-refractivity contribution in [1.29, 1.82) is 0 Å². The van der Waals surface area contributed by atoms with E-state index in [9.17, 15) is 27.9 Å². The van der Waals surface area contributed by atoms with E-state index in [2.05, 4.69) is 15.5 Å². The second kappa shape index (κ2) is 10.7. The van der Waals surface area contributed by atoms with Crippen LogP contribution in [0.2, 0.25) is 0 Å². The molecule has 1 saturated carbocycles. The lowest BCUT2D eigenvalue weighted by atomic mass is 9.81. The monoisotopic (exact) mass is 607 g/mol. The summed E-state index contributed by atoms with van der Waals surface area (Å²) in [7, 11) is 1.35. The second-order valence-electron chi connectivity index (χ2n) is 11.3. The molecule has 4 N–H and O–H groups in total. The first-order valence-corrected chi connectivity index (χ1v) is 13.8. The molecule has 2 aromatic heterocycles. The number of hydrogen-bond acceptors (Lipinski definition) is 8. The lowest BCUT2D eigenvalue weighted by Crippen LogP contribution is -2.44. The number of ether oxygens (including phenoxy) is 2. The zero-order valence-electron chi connectivity index (χ0n) is 23.7. The fraction of sp³-hybridized carbons (Fsp3) is 0.323. The molecule has 13 heteroatoms. The van der Waals surface area contributed by atoms with Gasteiger partial charge in [0, 0.05) is 22.1 Å². The summed E-state index contributed by atoms with van der Waals surface area (Å²) < 4.78 is 51.5. The zero-order valence-corrected chi connectivity index (χ0v) is 23.7. The molecular weight excluding hydrogens is 579 g/mol. The average molecular weight is 608 g/mol. The molecule has 2 atom stereocenters. The fourth-order valence-electron chi connectivity index (χ4n) is 5.47. The van der Waals surface area contributed by atoms with Gasteiger partial charge in [-0.15, -0.1) is 10.2 Å². The van der Waals surface area contributed by atoms with Crippen molar-refractivity contribution in [2.45, 2.75) is 37.2 Å². The number of aromatic nitrogens is 3. The van der Waals surface area contributed by atoms with E-state index in [4.69, 9.17) is 20.2 Å². The van der Waals surface area contributed by atoms with Crippen molar-refractivity contribution >= 4 is 22.7 Å². The number of pyridine rings is 1. The maximum absolute atomic E-state index is 13.8. The van der Waals surface area contributed by atoms with Gasteiger partial charge in [-0.05, 0) is 74.2 Å². The minimum Gasteiger partial charge on any atom is -0.494 e. The van der Waals surface area contributed by atoms with Crippen LogP contribution < -0.4 is 20.5 Å². The predicted octanol–water partition coefficient (Wildman–Crippen LogP) is 3.94. The van der Waals surface area contributed by atoms with Crippen molar-refractivity contribution in [1.82, 2.24) is 20.5 Å². The maximum Gasteiger partial charge on any atom is 0.282 e. The lowest BCUT2D eigenvalue weighted by molar-refractivity contribution is -0.123. The summed E-state index contributed by atoms with van der Waals surface area (Å²) >= 11 is 0. The van der Waals surface area contributed by atoms with Gasteiger partial charge in [0.1, 0.15) is 51.8 Å². The maximum atomic E-state index is 13.8. The number of halogens is 3. The van der Waals surface area contributed by atoms with E-state index in [1.54, 1.807) is 13.0 Å². The van der Waals surface area contributed by atoms with Gasteiger partial charge >= 0.3 is 0 Å². The average Bonchev–Trinajstić information content (AvgIpc) is 3.82. The minimum atomic E-state index is -2.86. The molecule has 0 radical (unpaired) electrons. The van der Waals surface area contributed by atoms with Crippen molar-refractivity contribution in [2.75, 3.05) is 20.3 Å². The summed E-state index contributed by atoms with van der Waals surface area (Å²) in [4.78, 5) is 30.7. The summed E-state index contributed by atoms with van der Waals surface area (Å²) in [6.45, 7) is 1.32. The molecule has 4 aromatic rings. The number of alkyl halides is 2. The number of methoxy groups -OCH3 is 1. The number of benzene rings is 2. The van der Waals surface area contributed by atoms with E-state index in [0.717, 1.165) is 6.07 Å². The number of nitrogens with two attached hydrogens (primary N) is 1. The van der Waals surface area contributed by atoms with Gasteiger partial charge in [0.2, 0.25) is 5.91 Å². The van der Waals surface area contributed by atoms with Crippen LogP contribution in [0.3, 0.4) is 0 Å². The Bertz CT molecular complexity index is 1800. The molecule has 3 heterocycles. The van der Waals surface area contributed by atoms with Gasteiger partial charge in [0.25, 0.3) is 12.3 Å². The van der Waals surface area contributed by atoms with Crippen molar-refractivity contribution in [3.05, 3.63) is 76.9 Å². The topological polar surface area (TPSA) is 150 Å². The van der Waals surface area contributed by atoms with Crippen LogP contribution in [-0.4, -0.2) is 52.4 Å². The molecule has 44 heavy (non-hydrogen) atoms. The lowest BCUT2D eigenvalue weighted by Gasteiger charge is -2.30. The Labute approximate surface area is 249 Å². The molecule has 6 rings (SSSR count). The third-order valence-corrected chi connectivity index (χ3v) is 8.33. The highest BCUT2D eigenvalue weighted by molar-refractivity contribution is 6.00. The molecule has 2 amide bonds. The molecule has 0 bridgehead atoms. The Hall–Kier alpha value is -4.78. The van der Waals surface area contributed by atoms with E-state index < -0.39 is 40.8 Å². The standard InChI is InChI=1S/C31H28F3N5O5/c1-30(29(35)41)14-44-26-20(30)12-23(37-25(26)15-3-7-19(32)8-4-15)31(42,18-5-6-18)13-36-28(40)17-9-16-10-21(27(33)34)38-39-24(16)22(11-17)43-2/h3-4,7-12,18,27,42H,5-6,13-14H2,1-2H3,(H2,35,41)(H,36,40)/t30-,31?/m0/s1. The number of aliphatic hydroxyl groups is 1. The van der Waals surface area contributed by atoms with Gasteiger partial charge in [-0.3, -0.25) is 9.59 Å². The van der Waals surface area contributed by atoms with Crippen LogP contribution in [0.25, 0.3) is 22.2 Å². The van der Waals surface area contributed by atoms with E-state index >= 15 is 0 Å². The van der Waals surface area contributed by atoms with Gasteiger partial charge in [0.05, 0.1) is 19.3 Å². The third kappa shape index (κ3) is 4.96. The first-order chi connectivity index (χ1) is 20.9. The van der Waals surface area contributed by atoms with Gasteiger partial charge in [-0.1, -0.05) is 0 Å². The number of primary amides is 1. The zero-order chi connectivity index (χ0) is 31.4. The summed E-state index contributed by atoms with van der Waals surface area (Å²) in [5.74, 6) is -1.50. The molecule has 2 aliphatic rings. The number of fused-ring (bicyclic) bond motifs is 2. The van der Waals surface area contributed by atoms with Gasteiger partial charge in [0.15, 0.2) is 0 Å². The molecule has 0 spiro atoms. The number of nitrogens with one attached hydrogen (secondary N) is 1. The van der Waals surface area contributed by atoms with Crippen molar-refractivity contribution in [2.24, 2.45) is 11.7 Å². The summed E-state index contributed by atoms with van der Waals surface area (Å²) in [6.07, 6.45) is -1.55. The first kappa shape index (κ1) is 29.3. The highest BCUT2D eigenvalue weighted by Crippen LogP contribution is 2.50. The third-order valence-electron chi connectivity index (χ3n) is 8.33. The van der Waals surface area contributed by atoms with Crippen LogP contribution in [0.5, 0.6) is 11.5 Å². The van der Waals surface area contributed by atoms with Crippen LogP contribution >= 0.6 is 0 Å². The van der Waals surface area contributed by atoms with E-state index in [1.807, 2.05) is 0 Å². The normalized spacial score (nSPS) is 18.9. The van der Waals surface area contributed by atoms with E-state index in [1.165, 1.54) is 43.5 Å². The van der Waals surface area contributed by atoms with Crippen LogP contribution in [-0.2, 0) is 15.8 Å². The van der Waals surface area contributed by atoms with Crippen LogP contribution in [0, 0.1) is 11.7 Å². The Kier molecular flexibility index (Phi) is 7.15. The number of amides is 2. The Morgan fingerprint density at radius 1 is 1.18 bits per heavy atom. The van der Waals surface area contributed by atoms with Gasteiger partial charge < -0.3 is 25.6 Å². The predicted molar refractivity (Wildman–Crippen MR) is 152 cm³/mol. The molecule has 2 aromatic carbocycles. The molecule has 1 unspecified atom stereocenters. The summed E-state index contributed by atoms with van der Waals surface area (Å²) in [5.41, 5.74) is 4.02. The van der Waals surface area contributed by atoms with Crippen molar-refractivity contribution in [3.8, 4) is 22.8 Å². The molecule has 0 saturated heterocycles. The largest absolute Gasteiger partial charge is 0.494 e. The number of rotatable bonds is 9.